The molecule has 0 aromatic heterocycles. The molecule has 4 heteroatoms. The summed E-state index contributed by atoms with van der Waals surface area (Å²) in [6.45, 7) is 8.69. The lowest BCUT2D eigenvalue weighted by atomic mass is 9.81. The fourth-order valence-corrected chi connectivity index (χ4v) is 4.15. The zero-order chi connectivity index (χ0) is 11.9. The number of hydrogen-bond acceptors (Lipinski definition) is 4. The Morgan fingerprint density at radius 3 is 2.47 bits per heavy atom. The molecule has 0 radical (unpaired) electrons. The topological polar surface area (TPSA) is 21.8 Å². The van der Waals surface area contributed by atoms with Gasteiger partial charge in [-0.1, -0.05) is 0 Å². The number of nitrogens with zero attached hydrogens (tertiary/aromatic N) is 3. The molecule has 3 fully saturated rings. The molecule has 0 aromatic rings. The first-order valence-corrected chi connectivity index (χ1v) is 7.04. The van der Waals surface area contributed by atoms with E-state index in [0.29, 0.717) is 5.54 Å². The average Bonchev–Trinajstić information content (AvgIpc) is 2.29. The molecule has 98 valence electrons. The molecule has 3 rings (SSSR count). The van der Waals surface area contributed by atoms with Gasteiger partial charge in [-0.15, -0.1) is 0 Å². The molecule has 1 spiro atoms. The Morgan fingerprint density at radius 1 is 1.00 bits per heavy atom. The quantitative estimate of drug-likeness (QED) is 0.624. The summed E-state index contributed by atoms with van der Waals surface area (Å²) in [4.78, 5) is 7.91. The summed E-state index contributed by atoms with van der Waals surface area (Å²) < 4.78 is 0. The molecular formula is C13H26N4. The number of nitrogens with one attached hydrogen (secondary N) is 1. The maximum absolute atomic E-state index is 3.52. The van der Waals surface area contributed by atoms with E-state index < -0.39 is 0 Å². The molecule has 4 nitrogen and oxygen atoms in total. The first-order valence-electron chi connectivity index (χ1n) is 7.04. The van der Waals surface area contributed by atoms with Crippen molar-refractivity contribution in [3.8, 4) is 0 Å². The van der Waals surface area contributed by atoms with E-state index in [9.17, 15) is 0 Å². The van der Waals surface area contributed by atoms with Gasteiger partial charge in [0.2, 0.25) is 0 Å². The molecule has 0 aliphatic carbocycles. The fraction of sp³-hybridized carbons (Fsp3) is 1.00. The molecule has 0 bridgehead atoms. The maximum Gasteiger partial charge on any atom is 0.0365 e. The molecule has 1 unspecified atom stereocenters. The smallest absolute Gasteiger partial charge is 0.0365 e. The lowest BCUT2D eigenvalue weighted by Gasteiger charge is -2.58. The predicted octanol–water partition coefficient (Wildman–Crippen LogP) is -0.330. The van der Waals surface area contributed by atoms with Gasteiger partial charge < -0.3 is 15.1 Å². The Balaban J connectivity index is 1.81. The number of hydrogen-bond donors (Lipinski definition) is 1. The molecule has 3 heterocycles. The van der Waals surface area contributed by atoms with Gasteiger partial charge in [-0.05, 0) is 40.0 Å². The van der Waals surface area contributed by atoms with Crippen LogP contribution in [0.5, 0.6) is 0 Å². The van der Waals surface area contributed by atoms with Gasteiger partial charge in [0.05, 0.1) is 0 Å². The molecule has 17 heavy (non-hydrogen) atoms. The first-order chi connectivity index (χ1) is 8.20. The van der Waals surface area contributed by atoms with E-state index in [1.807, 2.05) is 0 Å². The van der Waals surface area contributed by atoms with Gasteiger partial charge in [0.15, 0.2) is 0 Å². The minimum absolute atomic E-state index is 0.476. The van der Waals surface area contributed by atoms with Crippen LogP contribution in [0.1, 0.15) is 12.8 Å². The van der Waals surface area contributed by atoms with Gasteiger partial charge in [-0.2, -0.15) is 0 Å². The van der Waals surface area contributed by atoms with Crippen molar-refractivity contribution in [1.82, 2.24) is 20.0 Å². The van der Waals surface area contributed by atoms with Crippen LogP contribution >= 0.6 is 0 Å². The number of piperidine rings is 1. The number of piperazine rings is 2. The average molecular weight is 238 g/mol. The SMILES string of the molecule is CN1CCN2C(C1)CN(C)CC21CCNCC1. The maximum atomic E-state index is 3.52. The number of fused-ring (bicyclic) bond motifs is 2. The second kappa shape index (κ2) is 4.50. The third-order valence-corrected chi connectivity index (χ3v) is 4.92. The van der Waals surface area contributed by atoms with E-state index in [1.165, 1.54) is 58.7 Å². The summed E-state index contributed by atoms with van der Waals surface area (Å²) in [7, 11) is 4.57. The fourth-order valence-electron chi connectivity index (χ4n) is 4.15. The van der Waals surface area contributed by atoms with E-state index in [2.05, 4.69) is 34.1 Å². The predicted molar refractivity (Wildman–Crippen MR) is 70.3 cm³/mol. The van der Waals surface area contributed by atoms with Crippen LogP contribution in [0.3, 0.4) is 0 Å². The van der Waals surface area contributed by atoms with Crippen LogP contribution in [0.25, 0.3) is 0 Å². The largest absolute Gasteiger partial charge is 0.317 e. The molecule has 3 saturated heterocycles. The second-order valence-electron chi connectivity index (χ2n) is 6.28. The molecule has 0 amide bonds. The van der Waals surface area contributed by atoms with Gasteiger partial charge in [0, 0.05) is 44.3 Å². The summed E-state index contributed by atoms with van der Waals surface area (Å²) in [6.07, 6.45) is 2.66. The van der Waals surface area contributed by atoms with E-state index in [-0.39, 0.29) is 0 Å². The van der Waals surface area contributed by atoms with Crippen LogP contribution in [0.15, 0.2) is 0 Å². The van der Waals surface area contributed by atoms with E-state index in [1.54, 1.807) is 0 Å². The third kappa shape index (κ3) is 2.12. The van der Waals surface area contributed by atoms with Crippen LogP contribution in [-0.4, -0.2) is 86.2 Å². The highest BCUT2D eigenvalue weighted by molar-refractivity contribution is 5.04. The van der Waals surface area contributed by atoms with Crippen molar-refractivity contribution >= 4 is 0 Å². The molecule has 3 aliphatic heterocycles. The zero-order valence-corrected chi connectivity index (χ0v) is 11.3. The van der Waals surface area contributed by atoms with Crippen LogP contribution in [0.2, 0.25) is 0 Å². The number of rotatable bonds is 0. The molecule has 1 N–H and O–H groups in total. The van der Waals surface area contributed by atoms with Crippen molar-refractivity contribution in [1.29, 1.82) is 0 Å². The lowest BCUT2D eigenvalue weighted by Crippen LogP contribution is -2.72. The zero-order valence-electron chi connectivity index (χ0n) is 11.3. The lowest BCUT2D eigenvalue weighted by molar-refractivity contribution is -0.0824. The Bertz CT molecular complexity index is 273. The van der Waals surface area contributed by atoms with Crippen LogP contribution in [-0.2, 0) is 0 Å². The standard InChI is InChI=1S/C13H26N4/c1-15-7-8-17-12(9-15)10-16(2)11-13(17)3-5-14-6-4-13/h12,14H,3-11H2,1-2H3. The van der Waals surface area contributed by atoms with Crippen molar-refractivity contribution in [2.75, 3.05) is 59.9 Å². The Morgan fingerprint density at radius 2 is 1.71 bits per heavy atom. The van der Waals surface area contributed by atoms with Crippen molar-refractivity contribution in [2.45, 2.75) is 24.4 Å². The molecule has 0 aromatic carbocycles. The summed E-state index contributed by atoms with van der Waals surface area (Å²) >= 11 is 0. The van der Waals surface area contributed by atoms with E-state index >= 15 is 0 Å². The summed E-state index contributed by atoms with van der Waals surface area (Å²) in [6, 6.07) is 0.755. The molecule has 3 aliphatic rings. The Kier molecular flexibility index (Phi) is 3.15. The van der Waals surface area contributed by atoms with Crippen molar-refractivity contribution in [3.05, 3.63) is 0 Å². The summed E-state index contributed by atoms with van der Waals surface area (Å²) in [5.74, 6) is 0. The third-order valence-electron chi connectivity index (χ3n) is 4.92. The van der Waals surface area contributed by atoms with Gasteiger partial charge in [0.1, 0.15) is 0 Å². The summed E-state index contributed by atoms with van der Waals surface area (Å²) in [5.41, 5.74) is 0.476. The van der Waals surface area contributed by atoms with Crippen molar-refractivity contribution < 1.29 is 0 Å². The second-order valence-corrected chi connectivity index (χ2v) is 6.28. The molecule has 0 saturated carbocycles. The van der Waals surface area contributed by atoms with E-state index in [4.69, 9.17) is 0 Å². The Labute approximate surface area is 105 Å². The van der Waals surface area contributed by atoms with Crippen LogP contribution < -0.4 is 5.32 Å². The van der Waals surface area contributed by atoms with Gasteiger partial charge in [0.25, 0.3) is 0 Å². The summed E-state index contributed by atoms with van der Waals surface area (Å²) in [5, 5.41) is 3.52. The van der Waals surface area contributed by atoms with Crippen molar-refractivity contribution in [3.63, 3.8) is 0 Å². The highest BCUT2D eigenvalue weighted by Gasteiger charge is 2.46. The molecule has 1 atom stereocenters. The first kappa shape index (κ1) is 11.9. The minimum atomic E-state index is 0.476. The van der Waals surface area contributed by atoms with Crippen LogP contribution in [0, 0.1) is 0 Å². The van der Waals surface area contributed by atoms with Gasteiger partial charge in [-0.3, -0.25) is 4.90 Å². The highest BCUT2D eigenvalue weighted by Crippen LogP contribution is 2.34. The van der Waals surface area contributed by atoms with Gasteiger partial charge in [-0.25, -0.2) is 0 Å². The number of likely N-dealkylation sites (N-methyl/N-ethyl adjacent to an activating group) is 2. The van der Waals surface area contributed by atoms with Gasteiger partial charge >= 0.3 is 0 Å². The minimum Gasteiger partial charge on any atom is -0.317 e. The van der Waals surface area contributed by atoms with Crippen LogP contribution in [0.4, 0.5) is 0 Å². The normalized spacial score (nSPS) is 36.0. The Hall–Kier alpha value is -0.160. The van der Waals surface area contributed by atoms with E-state index in [0.717, 1.165) is 6.04 Å². The molecular weight excluding hydrogens is 212 g/mol. The van der Waals surface area contributed by atoms with Crippen molar-refractivity contribution in [2.24, 2.45) is 0 Å². The monoisotopic (exact) mass is 238 g/mol. The highest BCUT2D eigenvalue weighted by atomic mass is 15.4.